The van der Waals surface area contributed by atoms with Gasteiger partial charge in [0.25, 0.3) is 5.56 Å². The highest BCUT2D eigenvalue weighted by Gasteiger charge is 2.06. The van der Waals surface area contributed by atoms with E-state index in [2.05, 4.69) is 10.3 Å². The molecule has 1 heterocycles. The van der Waals surface area contributed by atoms with Crippen molar-refractivity contribution in [1.29, 1.82) is 0 Å². The van der Waals surface area contributed by atoms with Gasteiger partial charge in [0.1, 0.15) is 5.75 Å². The Balaban J connectivity index is 1.49. The average molecular weight is 426 g/mol. The summed E-state index contributed by atoms with van der Waals surface area (Å²) >= 11 is 5.85. The molecule has 7 heteroatoms. The number of nitrogens with zero attached hydrogens (tertiary/aromatic N) is 2. The fraction of sp³-hybridized carbons (Fsp3) is 0.261. The molecule has 2 aromatic carbocycles. The number of aromatic nitrogens is 2. The van der Waals surface area contributed by atoms with E-state index in [0.717, 1.165) is 16.9 Å². The maximum absolute atomic E-state index is 12.4. The maximum atomic E-state index is 12.4. The van der Waals surface area contributed by atoms with E-state index in [1.54, 1.807) is 12.1 Å². The molecule has 0 bridgehead atoms. The Kier molecular flexibility index (Phi) is 7.63. The van der Waals surface area contributed by atoms with E-state index in [9.17, 15) is 9.59 Å². The van der Waals surface area contributed by atoms with Gasteiger partial charge in [0.2, 0.25) is 5.91 Å². The van der Waals surface area contributed by atoms with Gasteiger partial charge in [-0.1, -0.05) is 23.7 Å². The number of carbonyl (C=O) groups is 1. The van der Waals surface area contributed by atoms with Gasteiger partial charge < -0.3 is 10.1 Å². The number of rotatable bonds is 9. The molecule has 1 amide bonds. The smallest absolute Gasteiger partial charge is 0.253 e. The highest BCUT2D eigenvalue weighted by Crippen LogP contribution is 2.19. The Hall–Kier alpha value is -3.12. The highest BCUT2D eigenvalue weighted by molar-refractivity contribution is 6.30. The average Bonchev–Trinajstić information content (AvgIpc) is 2.75. The first-order valence-electron chi connectivity index (χ1n) is 9.86. The lowest BCUT2D eigenvalue weighted by molar-refractivity contribution is -0.121. The number of aryl methyl sites for hydroxylation is 1. The lowest BCUT2D eigenvalue weighted by Gasteiger charge is -2.08. The number of halogens is 1. The van der Waals surface area contributed by atoms with Crippen molar-refractivity contribution >= 4 is 17.5 Å². The lowest BCUT2D eigenvalue weighted by atomic mass is 10.1. The second-order valence-electron chi connectivity index (χ2n) is 6.77. The van der Waals surface area contributed by atoms with Crippen LogP contribution in [0.5, 0.6) is 5.75 Å². The molecule has 0 spiro atoms. The molecule has 6 nitrogen and oxygen atoms in total. The van der Waals surface area contributed by atoms with Crippen LogP contribution in [-0.4, -0.2) is 22.1 Å². The van der Waals surface area contributed by atoms with E-state index in [4.69, 9.17) is 16.3 Å². The summed E-state index contributed by atoms with van der Waals surface area (Å²) in [4.78, 5) is 28.8. The number of hydrogen-bond donors (Lipinski definition) is 1. The third-order valence-electron chi connectivity index (χ3n) is 4.55. The molecule has 1 N–H and O–H groups in total. The van der Waals surface area contributed by atoms with Crippen molar-refractivity contribution < 1.29 is 9.53 Å². The fourth-order valence-corrected chi connectivity index (χ4v) is 3.07. The molecule has 0 aliphatic heterocycles. The quantitative estimate of drug-likeness (QED) is 0.561. The summed E-state index contributed by atoms with van der Waals surface area (Å²) in [6.07, 6.45) is 2.41. The van der Waals surface area contributed by atoms with Crippen molar-refractivity contribution in [3.05, 3.63) is 81.9 Å². The molecule has 0 atom stereocenters. The van der Waals surface area contributed by atoms with Crippen molar-refractivity contribution in [3.8, 4) is 17.0 Å². The number of amides is 1. The third kappa shape index (κ3) is 6.19. The van der Waals surface area contributed by atoms with E-state index >= 15 is 0 Å². The third-order valence-corrected chi connectivity index (χ3v) is 4.80. The summed E-state index contributed by atoms with van der Waals surface area (Å²) in [6, 6.07) is 16.3. The summed E-state index contributed by atoms with van der Waals surface area (Å²) in [5, 5.41) is 3.53. The Morgan fingerprint density at radius 3 is 2.53 bits per heavy atom. The molecule has 0 saturated heterocycles. The molecule has 3 aromatic rings. The number of hydrogen-bond acceptors (Lipinski definition) is 4. The largest absolute Gasteiger partial charge is 0.494 e. The first kappa shape index (κ1) is 21.6. The lowest BCUT2D eigenvalue weighted by Crippen LogP contribution is -2.24. The van der Waals surface area contributed by atoms with Crippen LogP contribution in [0, 0.1) is 0 Å². The topological polar surface area (TPSA) is 73.2 Å². The van der Waals surface area contributed by atoms with E-state index in [1.807, 2.05) is 43.3 Å². The van der Waals surface area contributed by atoms with Gasteiger partial charge in [0, 0.05) is 36.2 Å². The summed E-state index contributed by atoms with van der Waals surface area (Å²) in [6.45, 7) is 3.42. The molecule has 0 aliphatic carbocycles. The van der Waals surface area contributed by atoms with Gasteiger partial charge in [-0.25, -0.2) is 4.98 Å². The monoisotopic (exact) mass is 425 g/mol. The van der Waals surface area contributed by atoms with Crippen molar-refractivity contribution in [1.82, 2.24) is 14.9 Å². The van der Waals surface area contributed by atoms with E-state index in [0.29, 0.717) is 43.3 Å². The number of nitrogens with one attached hydrogen (secondary N) is 1. The van der Waals surface area contributed by atoms with E-state index < -0.39 is 0 Å². The molecule has 0 fully saturated rings. The van der Waals surface area contributed by atoms with Crippen LogP contribution < -0.4 is 15.6 Å². The minimum atomic E-state index is -0.143. The second-order valence-corrected chi connectivity index (χ2v) is 7.21. The van der Waals surface area contributed by atoms with Crippen LogP contribution in [-0.2, 0) is 17.9 Å². The fourth-order valence-electron chi connectivity index (χ4n) is 2.94. The molecule has 0 unspecified atom stereocenters. The summed E-state index contributed by atoms with van der Waals surface area (Å²) < 4.78 is 6.94. The van der Waals surface area contributed by atoms with Crippen LogP contribution in [0.2, 0.25) is 5.02 Å². The molecule has 0 aliphatic rings. The van der Waals surface area contributed by atoms with Crippen LogP contribution in [0.15, 0.2) is 65.7 Å². The Morgan fingerprint density at radius 1 is 1.13 bits per heavy atom. The molecule has 0 saturated carbocycles. The molecule has 156 valence electrons. The van der Waals surface area contributed by atoms with Gasteiger partial charge >= 0.3 is 0 Å². The number of benzene rings is 2. The predicted molar refractivity (Wildman–Crippen MR) is 118 cm³/mol. The Morgan fingerprint density at radius 2 is 1.87 bits per heavy atom. The molecular formula is C23H24ClN3O3. The van der Waals surface area contributed by atoms with Gasteiger partial charge in [0.05, 0.1) is 18.6 Å². The van der Waals surface area contributed by atoms with Gasteiger partial charge in [-0.05, 0) is 55.3 Å². The van der Waals surface area contributed by atoms with E-state index in [1.165, 1.54) is 17.0 Å². The van der Waals surface area contributed by atoms with Crippen molar-refractivity contribution in [3.63, 3.8) is 0 Å². The summed E-state index contributed by atoms with van der Waals surface area (Å²) in [5.74, 6) is 0.723. The van der Waals surface area contributed by atoms with Crippen LogP contribution in [0.1, 0.15) is 25.3 Å². The molecule has 0 radical (unpaired) electrons. The summed E-state index contributed by atoms with van der Waals surface area (Å²) in [7, 11) is 0. The number of ether oxygens (including phenoxy) is 1. The zero-order valence-electron chi connectivity index (χ0n) is 16.8. The molecular weight excluding hydrogens is 402 g/mol. The molecule has 30 heavy (non-hydrogen) atoms. The minimum absolute atomic E-state index is 0.0584. The maximum Gasteiger partial charge on any atom is 0.253 e. The van der Waals surface area contributed by atoms with Crippen molar-refractivity contribution in [2.75, 3.05) is 6.61 Å². The van der Waals surface area contributed by atoms with Crippen LogP contribution in [0.25, 0.3) is 11.3 Å². The van der Waals surface area contributed by atoms with Crippen LogP contribution in [0.3, 0.4) is 0 Å². The normalized spacial score (nSPS) is 10.6. The van der Waals surface area contributed by atoms with E-state index in [-0.39, 0.29) is 11.5 Å². The number of carbonyl (C=O) groups excluding carboxylic acids is 1. The first-order chi connectivity index (χ1) is 14.5. The van der Waals surface area contributed by atoms with Gasteiger partial charge in [-0.2, -0.15) is 0 Å². The Bertz CT molecular complexity index is 1030. The van der Waals surface area contributed by atoms with Crippen molar-refractivity contribution in [2.45, 2.75) is 32.9 Å². The van der Waals surface area contributed by atoms with Gasteiger partial charge in [-0.3, -0.25) is 14.2 Å². The SMILES string of the molecule is CCOc1ccc(-c2cc(=O)n(CCCC(=O)NCc3ccc(Cl)cc3)cn2)cc1. The second kappa shape index (κ2) is 10.6. The standard InChI is InChI=1S/C23H24ClN3O3/c1-2-30-20-11-7-18(8-12-20)21-14-23(29)27(16-26-21)13-3-4-22(28)25-15-17-5-9-19(24)10-6-17/h5-12,14,16H,2-4,13,15H2,1H3,(H,25,28). The van der Waals surface area contributed by atoms with Crippen molar-refractivity contribution in [2.24, 2.45) is 0 Å². The molecule has 3 rings (SSSR count). The molecule has 1 aromatic heterocycles. The van der Waals surface area contributed by atoms with Gasteiger partial charge in [-0.15, -0.1) is 0 Å². The zero-order chi connectivity index (χ0) is 21.3. The highest BCUT2D eigenvalue weighted by atomic mass is 35.5. The minimum Gasteiger partial charge on any atom is -0.494 e. The van der Waals surface area contributed by atoms with Crippen LogP contribution in [0.4, 0.5) is 0 Å². The predicted octanol–water partition coefficient (Wildman–Crippen LogP) is 4.06. The zero-order valence-corrected chi connectivity index (χ0v) is 17.6. The summed E-state index contributed by atoms with van der Waals surface area (Å²) in [5.41, 5.74) is 2.30. The Labute approximate surface area is 180 Å². The first-order valence-corrected chi connectivity index (χ1v) is 10.2. The van der Waals surface area contributed by atoms with Crippen LogP contribution >= 0.6 is 11.6 Å². The van der Waals surface area contributed by atoms with Gasteiger partial charge in [0.15, 0.2) is 0 Å².